The van der Waals surface area contributed by atoms with Crippen molar-refractivity contribution in [2.75, 3.05) is 0 Å². The van der Waals surface area contributed by atoms with E-state index in [1.165, 1.54) is 33.4 Å². The summed E-state index contributed by atoms with van der Waals surface area (Å²) >= 11 is 0. The fraction of sp³-hybridized carbons (Fsp3) is 0.0370. The van der Waals surface area contributed by atoms with Gasteiger partial charge in [-0.15, -0.1) is 0 Å². The van der Waals surface area contributed by atoms with Gasteiger partial charge in [0.05, 0.1) is 11.4 Å². The van der Waals surface area contributed by atoms with Gasteiger partial charge >= 0.3 is 0 Å². The highest BCUT2D eigenvalue weighted by molar-refractivity contribution is 6.09. The average molecular weight is 729 g/mol. The minimum Gasteiger partial charge on any atom is -0.455 e. The summed E-state index contributed by atoms with van der Waals surface area (Å²) in [5, 5.41) is 2.25. The molecule has 268 valence electrons. The number of aromatic nitrogens is 2. The number of para-hydroxylation sites is 2. The molecule has 0 unspecified atom stereocenters. The van der Waals surface area contributed by atoms with Crippen LogP contribution in [0.5, 0.6) is 0 Å². The lowest BCUT2D eigenvalue weighted by atomic mass is 9.74. The van der Waals surface area contributed by atoms with Crippen molar-refractivity contribution >= 4 is 21.9 Å². The zero-order chi connectivity index (χ0) is 37.9. The summed E-state index contributed by atoms with van der Waals surface area (Å²) in [6.45, 7) is 2.37. The highest BCUT2D eigenvalue weighted by Crippen LogP contribution is 2.52. The monoisotopic (exact) mass is 728 g/mol. The van der Waals surface area contributed by atoms with Crippen LogP contribution in [0.4, 0.5) is 0 Å². The van der Waals surface area contributed by atoms with Crippen LogP contribution in [-0.2, 0) is 5.41 Å². The number of hydrogen-bond donors (Lipinski definition) is 0. The Kier molecular flexibility index (Phi) is 7.61. The first kappa shape index (κ1) is 33.0. The maximum absolute atomic E-state index is 6.37. The fourth-order valence-corrected chi connectivity index (χ4v) is 8.89. The molecule has 0 spiro atoms. The highest BCUT2D eigenvalue weighted by Gasteiger charge is 2.40. The van der Waals surface area contributed by atoms with Gasteiger partial charge in [-0.05, 0) is 75.7 Å². The molecule has 1 aliphatic rings. The molecule has 0 N–H and O–H groups in total. The quantitative estimate of drug-likeness (QED) is 0.171. The number of fused-ring (bicyclic) bond motifs is 6. The van der Waals surface area contributed by atoms with Gasteiger partial charge in [-0.25, -0.2) is 9.97 Å². The van der Waals surface area contributed by atoms with E-state index < -0.39 is 0 Å². The molecule has 8 aromatic carbocycles. The van der Waals surface area contributed by atoms with Gasteiger partial charge in [-0.3, -0.25) is 0 Å². The first-order chi connectivity index (χ1) is 28.1. The van der Waals surface area contributed by atoms with Gasteiger partial charge < -0.3 is 4.42 Å². The van der Waals surface area contributed by atoms with Gasteiger partial charge in [0, 0.05) is 38.4 Å². The first-order valence-electron chi connectivity index (χ1n) is 19.5. The van der Waals surface area contributed by atoms with Crippen molar-refractivity contribution in [3.63, 3.8) is 0 Å². The third-order valence-corrected chi connectivity index (χ3v) is 11.8. The lowest BCUT2D eigenvalue weighted by molar-refractivity contribution is 0.670. The molecule has 0 atom stereocenters. The van der Waals surface area contributed by atoms with Crippen molar-refractivity contribution in [2.45, 2.75) is 12.3 Å². The number of rotatable bonds is 6. The minimum absolute atomic E-state index is 0.263. The Morgan fingerprint density at radius 2 is 0.930 bits per heavy atom. The number of benzene rings is 8. The zero-order valence-corrected chi connectivity index (χ0v) is 31.4. The molecule has 3 nitrogen and oxygen atoms in total. The summed E-state index contributed by atoms with van der Waals surface area (Å²) in [6, 6.07) is 71.1. The lowest BCUT2D eigenvalue weighted by Crippen LogP contribution is -2.22. The summed E-state index contributed by atoms with van der Waals surface area (Å²) < 4.78 is 6.37. The maximum atomic E-state index is 6.37. The molecule has 0 bridgehead atoms. The van der Waals surface area contributed by atoms with Crippen LogP contribution in [-0.4, -0.2) is 9.97 Å². The summed E-state index contributed by atoms with van der Waals surface area (Å²) in [7, 11) is 0. The SMILES string of the molecule is CC1(c2cccc(-c3cccc(-c4cc(-c5ccc(-c6cccc7c6oc6ccccc67)cc5)nc(-c5ccccc5)n4)c3)c2)c2ccccc2-c2ccccc21. The van der Waals surface area contributed by atoms with E-state index in [1.54, 1.807) is 0 Å². The average Bonchev–Trinajstić information content (AvgIpc) is 3.80. The molecule has 1 aliphatic carbocycles. The largest absolute Gasteiger partial charge is 0.455 e. The van der Waals surface area contributed by atoms with Gasteiger partial charge in [0.1, 0.15) is 11.2 Å². The van der Waals surface area contributed by atoms with E-state index in [-0.39, 0.29) is 5.41 Å². The Morgan fingerprint density at radius 1 is 0.386 bits per heavy atom. The summed E-state index contributed by atoms with van der Waals surface area (Å²) in [4.78, 5) is 10.3. The Bertz CT molecular complexity index is 3090. The van der Waals surface area contributed by atoms with Crippen molar-refractivity contribution in [1.82, 2.24) is 9.97 Å². The van der Waals surface area contributed by atoms with E-state index in [4.69, 9.17) is 14.4 Å². The van der Waals surface area contributed by atoms with E-state index in [9.17, 15) is 0 Å². The fourth-order valence-electron chi connectivity index (χ4n) is 8.89. The molecule has 2 heterocycles. The third kappa shape index (κ3) is 5.43. The second kappa shape index (κ2) is 13.1. The highest BCUT2D eigenvalue weighted by atomic mass is 16.3. The Morgan fingerprint density at radius 3 is 1.70 bits per heavy atom. The van der Waals surface area contributed by atoms with Gasteiger partial charge in [-0.2, -0.15) is 0 Å². The molecule has 0 amide bonds. The van der Waals surface area contributed by atoms with Crippen LogP contribution in [0.3, 0.4) is 0 Å². The van der Waals surface area contributed by atoms with Crippen molar-refractivity contribution in [3.8, 4) is 67.3 Å². The summed E-state index contributed by atoms with van der Waals surface area (Å²) in [5.41, 5.74) is 17.4. The molecule has 0 fully saturated rings. The number of furan rings is 1. The standard InChI is InChI=1S/C54H36N2O/c1-54(47-25-8-5-20-43(47)44-21-6-9-26-48(44)54)41-19-12-17-39(33-41)38-16-11-18-40(32-38)50-34-49(55-53(56-50)37-14-3-2-4-15-37)36-30-28-35(29-31-36)42-23-13-24-46-45-22-7-10-27-51(45)57-52(42)46/h2-34H,1H3. The van der Waals surface area contributed by atoms with Gasteiger partial charge in [-0.1, -0.05) is 176 Å². The Balaban J connectivity index is 0.984. The molecule has 0 saturated heterocycles. The van der Waals surface area contributed by atoms with E-state index in [0.29, 0.717) is 5.82 Å². The molecule has 0 saturated carbocycles. The van der Waals surface area contributed by atoms with Crippen LogP contribution in [0.25, 0.3) is 89.2 Å². The predicted octanol–water partition coefficient (Wildman–Crippen LogP) is 14.0. The second-order valence-electron chi connectivity index (χ2n) is 15.1. The molecule has 11 rings (SSSR count). The van der Waals surface area contributed by atoms with Crippen LogP contribution in [0.1, 0.15) is 23.6 Å². The lowest BCUT2D eigenvalue weighted by Gasteiger charge is -2.28. The molecule has 57 heavy (non-hydrogen) atoms. The molecule has 10 aromatic rings. The normalized spacial score (nSPS) is 12.8. The molecule has 2 aromatic heterocycles. The van der Waals surface area contributed by atoms with Crippen LogP contribution in [0.2, 0.25) is 0 Å². The van der Waals surface area contributed by atoms with Crippen LogP contribution >= 0.6 is 0 Å². The van der Waals surface area contributed by atoms with Gasteiger partial charge in [0.15, 0.2) is 5.82 Å². The summed E-state index contributed by atoms with van der Waals surface area (Å²) in [5.74, 6) is 0.693. The smallest absolute Gasteiger partial charge is 0.160 e. The van der Waals surface area contributed by atoms with Crippen LogP contribution in [0, 0.1) is 0 Å². The van der Waals surface area contributed by atoms with Gasteiger partial charge in [0.2, 0.25) is 0 Å². The van der Waals surface area contributed by atoms with E-state index in [1.807, 2.05) is 30.3 Å². The molecular weight excluding hydrogens is 693 g/mol. The van der Waals surface area contributed by atoms with Crippen molar-refractivity contribution in [2.24, 2.45) is 0 Å². The van der Waals surface area contributed by atoms with Crippen molar-refractivity contribution < 1.29 is 4.42 Å². The van der Waals surface area contributed by atoms with Crippen molar-refractivity contribution in [1.29, 1.82) is 0 Å². The third-order valence-electron chi connectivity index (χ3n) is 11.8. The van der Waals surface area contributed by atoms with E-state index >= 15 is 0 Å². The minimum atomic E-state index is -0.263. The van der Waals surface area contributed by atoms with Gasteiger partial charge in [0.25, 0.3) is 0 Å². The zero-order valence-electron chi connectivity index (χ0n) is 31.4. The Labute approximate surface area is 331 Å². The van der Waals surface area contributed by atoms with Crippen LogP contribution < -0.4 is 0 Å². The molecule has 0 radical (unpaired) electrons. The first-order valence-corrected chi connectivity index (χ1v) is 19.5. The predicted molar refractivity (Wildman–Crippen MR) is 234 cm³/mol. The van der Waals surface area contributed by atoms with E-state index in [0.717, 1.165) is 66.7 Å². The molecular formula is C54H36N2O. The molecule has 3 heteroatoms. The second-order valence-corrected chi connectivity index (χ2v) is 15.1. The Hall–Kier alpha value is -7.36. The topological polar surface area (TPSA) is 38.9 Å². The molecule has 0 aliphatic heterocycles. The number of hydrogen-bond acceptors (Lipinski definition) is 3. The van der Waals surface area contributed by atoms with Crippen molar-refractivity contribution in [3.05, 3.63) is 217 Å². The van der Waals surface area contributed by atoms with Crippen LogP contribution in [0.15, 0.2) is 205 Å². The number of nitrogens with zero attached hydrogens (tertiary/aromatic N) is 2. The maximum Gasteiger partial charge on any atom is 0.160 e. The summed E-state index contributed by atoms with van der Waals surface area (Å²) in [6.07, 6.45) is 0. The van der Waals surface area contributed by atoms with E-state index in [2.05, 4.69) is 177 Å².